The molecule has 0 fully saturated rings. The van der Waals surface area contributed by atoms with Crippen molar-refractivity contribution in [2.45, 2.75) is 32.4 Å². The van der Waals surface area contributed by atoms with Gasteiger partial charge in [-0.15, -0.1) is 0 Å². The van der Waals surface area contributed by atoms with Crippen LogP contribution in [0.3, 0.4) is 0 Å². The molecule has 0 aromatic heterocycles. The maximum absolute atomic E-state index is 13.4. The average Bonchev–Trinajstić information content (AvgIpc) is 2.81. The van der Waals surface area contributed by atoms with Crippen molar-refractivity contribution in [3.8, 4) is 5.75 Å². The van der Waals surface area contributed by atoms with Crippen LogP contribution < -0.4 is 10.5 Å². The molecule has 20 heavy (non-hydrogen) atoms. The van der Waals surface area contributed by atoms with Gasteiger partial charge in [-0.2, -0.15) is 0 Å². The molecule has 1 aliphatic heterocycles. The van der Waals surface area contributed by atoms with E-state index in [2.05, 4.69) is 6.07 Å². The number of hydrogen-bond acceptors (Lipinski definition) is 2. The molecule has 3 heteroatoms. The molecule has 2 unspecified atom stereocenters. The van der Waals surface area contributed by atoms with Gasteiger partial charge in [-0.05, 0) is 54.3 Å². The van der Waals surface area contributed by atoms with Crippen molar-refractivity contribution in [3.05, 3.63) is 64.5 Å². The van der Waals surface area contributed by atoms with Crippen LogP contribution >= 0.6 is 0 Å². The summed E-state index contributed by atoms with van der Waals surface area (Å²) in [5.74, 6) is 0.692. The molecule has 2 aromatic rings. The molecule has 1 aliphatic rings. The van der Waals surface area contributed by atoms with Crippen LogP contribution in [0.25, 0.3) is 0 Å². The first-order valence-corrected chi connectivity index (χ1v) is 6.83. The number of hydrogen-bond donors (Lipinski definition) is 1. The lowest BCUT2D eigenvalue weighted by atomic mass is 9.91. The van der Waals surface area contributed by atoms with Crippen LogP contribution in [0.1, 0.15) is 28.3 Å². The van der Waals surface area contributed by atoms with Crippen LogP contribution in [0.2, 0.25) is 0 Å². The molecule has 104 valence electrons. The van der Waals surface area contributed by atoms with Gasteiger partial charge in [0.1, 0.15) is 17.7 Å². The summed E-state index contributed by atoms with van der Waals surface area (Å²) >= 11 is 0. The highest BCUT2D eigenvalue weighted by Crippen LogP contribution is 2.35. The summed E-state index contributed by atoms with van der Waals surface area (Å²) in [5.41, 5.74) is 10.3. The molecule has 0 saturated heterocycles. The van der Waals surface area contributed by atoms with Crippen molar-refractivity contribution >= 4 is 0 Å². The summed E-state index contributed by atoms with van der Waals surface area (Å²) in [5, 5.41) is 0. The van der Waals surface area contributed by atoms with Gasteiger partial charge in [0.25, 0.3) is 0 Å². The molecule has 0 amide bonds. The average molecular weight is 271 g/mol. The summed E-state index contributed by atoms with van der Waals surface area (Å²) in [6.07, 6.45) is 0.711. The Bertz CT molecular complexity index is 605. The summed E-state index contributed by atoms with van der Waals surface area (Å²) in [6.45, 7) is 3.79. The van der Waals surface area contributed by atoms with Gasteiger partial charge in [0.15, 0.2) is 0 Å². The van der Waals surface area contributed by atoms with Crippen LogP contribution in [0, 0.1) is 19.7 Å². The zero-order valence-corrected chi connectivity index (χ0v) is 11.7. The number of aryl methyl sites for hydroxylation is 2. The second kappa shape index (κ2) is 4.91. The van der Waals surface area contributed by atoms with Crippen LogP contribution in [0.5, 0.6) is 5.75 Å². The largest absolute Gasteiger partial charge is 0.488 e. The molecule has 2 nitrogen and oxygen atoms in total. The first kappa shape index (κ1) is 13.1. The van der Waals surface area contributed by atoms with E-state index in [-0.39, 0.29) is 18.0 Å². The number of rotatable bonds is 2. The Hall–Kier alpha value is -1.87. The minimum Gasteiger partial charge on any atom is -0.488 e. The Labute approximate surface area is 118 Å². The zero-order valence-electron chi connectivity index (χ0n) is 11.7. The fourth-order valence-corrected chi connectivity index (χ4v) is 3.04. The highest BCUT2D eigenvalue weighted by atomic mass is 19.1. The van der Waals surface area contributed by atoms with E-state index in [1.165, 1.54) is 17.7 Å². The Kier molecular flexibility index (Phi) is 3.22. The van der Waals surface area contributed by atoms with Gasteiger partial charge in [0.2, 0.25) is 0 Å². The number of benzene rings is 2. The predicted molar refractivity (Wildman–Crippen MR) is 77.4 cm³/mol. The highest BCUT2D eigenvalue weighted by Gasteiger charge is 2.30. The summed E-state index contributed by atoms with van der Waals surface area (Å²) in [6, 6.07) is 10.8. The van der Waals surface area contributed by atoms with Gasteiger partial charge in [-0.25, -0.2) is 4.39 Å². The molecule has 0 radical (unpaired) electrons. The van der Waals surface area contributed by atoms with E-state index in [0.29, 0.717) is 0 Å². The van der Waals surface area contributed by atoms with Crippen molar-refractivity contribution in [1.29, 1.82) is 0 Å². The smallest absolute Gasteiger partial charge is 0.123 e. The van der Waals surface area contributed by atoms with E-state index < -0.39 is 0 Å². The quantitative estimate of drug-likeness (QED) is 0.908. The fraction of sp³-hybridized carbons (Fsp3) is 0.294. The number of nitrogens with two attached hydrogens (primary N) is 1. The predicted octanol–water partition coefficient (Wildman–Crippen LogP) is 3.45. The standard InChI is InChI=1S/C17H18FNO/c1-10-7-13(18)8-11(2)16(10)17(19)15-9-12-5-3-4-6-14(12)20-15/h3-8,15,17H,9,19H2,1-2H3. The zero-order chi connectivity index (χ0) is 14.3. The lowest BCUT2D eigenvalue weighted by Gasteiger charge is -2.23. The maximum atomic E-state index is 13.4. The summed E-state index contributed by atoms with van der Waals surface area (Å²) in [4.78, 5) is 0. The molecule has 2 atom stereocenters. The minimum atomic E-state index is -0.247. The van der Waals surface area contributed by atoms with Gasteiger partial charge < -0.3 is 10.5 Å². The topological polar surface area (TPSA) is 35.2 Å². The van der Waals surface area contributed by atoms with Crippen LogP contribution in [-0.2, 0) is 6.42 Å². The van der Waals surface area contributed by atoms with Crippen molar-refractivity contribution < 1.29 is 9.13 Å². The van der Waals surface area contributed by atoms with E-state index in [9.17, 15) is 4.39 Å². The third-order valence-corrected chi connectivity index (χ3v) is 3.96. The number of halogens is 1. The van der Waals surface area contributed by atoms with Crippen molar-refractivity contribution in [1.82, 2.24) is 0 Å². The summed E-state index contributed by atoms with van der Waals surface area (Å²) in [7, 11) is 0. The van der Waals surface area contributed by atoms with Gasteiger partial charge in [0, 0.05) is 6.42 Å². The molecule has 1 heterocycles. The second-order valence-electron chi connectivity index (χ2n) is 5.45. The monoisotopic (exact) mass is 271 g/mol. The van der Waals surface area contributed by atoms with Crippen LogP contribution in [0.15, 0.2) is 36.4 Å². The lowest BCUT2D eigenvalue weighted by Crippen LogP contribution is -2.31. The Balaban J connectivity index is 1.90. The van der Waals surface area contributed by atoms with Crippen LogP contribution in [-0.4, -0.2) is 6.10 Å². The van der Waals surface area contributed by atoms with E-state index in [1.807, 2.05) is 32.0 Å². The van der Waals surface area contributed by atoms with Gasteiger partial charge in [-0.1, -0.05) is 18.2 Å². The van der Waals surface area contributed by atoms with Crippen molar-refractivity contribution in [3.63, 3.8) is 0 Å². The molecule has 0 bridgehead atoms. The van der Waals surface area contributed by atoms with Gasteiger partial charge >= 0.3 is 0 Å². The number of fused-ring (bicyclic) bond motifs is 1. The van der Waals surface area contributed by atoms with Crippen LogP contribution in [0.4, 0.5) is 4.39 Å². The normalized spacial score (nSPS) is 18.5. The number of ether oxygens (including phenoxy) is 1. The van der Waals surface area contributed by atoms with E-state index in [1.54, 1.807) is 0 Å². The first-order chi connectivity index (χ1) is 9.56. The number of para-hydroxylation sites is 1. The summed E-state index contributed by atoms with van der Waals surface area (Å²) < 4.78 is 19.3. The molecular weight excluding hydrogens is 253 g/mol. The van der Waals surface area contributed by atoms with Crippen molar-refractivity contribution in [2.75, 3.05) is 0 Å². The SMILES string of the molecule is Cc1cc(F)cc(C)c1C(N)C1Cc2ccccc2O1. The lowest BCUT2D eigenvalue weighted by molar-refractivity contribution is 0.199. The Morgan fingerprint density at radius 2 is 1.85 bits per heavy atom. The molecule has 3 rings (SSSR count). The first-order valence-electron chi connectivity index (χ1n) is 6.83. The molecule has 0 aliphatic carbocycles. The van der Waals surface area contributed by atoms with E-state index >= 15 is 0 Å². The van der Waals surface area contributed by atoms with E-state index in [0.717, 1.165) is 28.9 Å². The third kappa shape index (κ3) is 2.18. The molecule has 2 N–H and O–H groups in total. The molecule has 2 aromatic carbocycles. The Morgan fingerprint density at radius 3 is 2.50 bits per heavy atom. The third-order valence-electron chi connectivity index (χ3n) is 3.96. The molecular formula is C17H18FNO. The fourth-order valence-electron chi connectivity index (χ4n) is 3.04. The van der Waals surface area contributed by atoms with Gasteiger partial charge in [0.05, 0.1) is 6.04 Å². The maximum Gasteiger partial charge on any atom is 0.123 e. The van der Waals surface area contributed by atoms with Gasteiger partial charge in [-0.3, -0.25) is 0 Å². The molecule has 0 saturated carbocycles. The highest BCUT2D eigenvalue weighted by molar-refractivity contribution is 5.41. The van der Waals surface area contributed by atoms with E-state index in [4.69, 9.17) is 10.5 Å². The minimum absolute atomic E-state index is 0.0877. The Morgan fingerprint density at radius 1 is 1.20 bits per heavy atom. The van der Waals surface area contributed by atoms with Crippen molar-refractivity contribution in [2.24, 2.45) is 5.73 Å². The second-order valence-corrected chi connectivity index (χ2v) is 5.45. The molecule has 0 spiro atoms.